The fourth-order valence-corrected chi connectivity index (χ4v) is 4.19. The Morgan fingerprint density at radius 3 is 3.00 bits per heavy atom. The van der Waals surface area contributed by atoms with Gasteiger partial charge < -0.3 is 10.6 Å². The molecule has 0 radical (unpaired) electrons. The molecule has 1 fully saturated rings. The van der Waals surface area contributed by atoms with Crippen LogP contribution in [0.1, 0.15) is 6.42 Å². The van der Waals surface area contributed by atoms with Crippen LogP contribution in [0.3, 0.4) is 0 Å². The Morgan fingerprint density at radius 1 is 1.22 bits per heavy atom. The summed E-state index contributed by atoms with van der Waals surface area (Å²) in [6.07, 6.45) is 2.80. The van der Waals surface area contributed by atoms with Crippen molar-refractivity contribution in [3.8, 4) is 21.4 Å². The van der Waals surface area contributed by atoms with Crippen molar-refractivity contribution in [1.82, 2.24) is 25.2 Å². The average Bonchev–Trinajstić information content (AvgIpc) is 3.33. The van der Waals surface area contributed by atoms with Gasteiger partial charge in [0.25, 0.3) is 0 Å². The third kappa shape index (κ3) is 4.75. The Hall–Kier alpha value is -2.20. The Balaban J connectivity index is 1.55. The van der Waals surface area contributed by atoms with E-state index in [1.165, 1.54) is 11.3 Å². The minimum absolute atomic E-state index is 0.0576. The first-order valence-corrected chi connectivity index (χ1v) is 10.6. The molecular formula is C18H20N6OS2. The quantitative estimate of drug-likeness (QED) is 0.685. The first-order valence-electron chi connectivity index (χ1n) is 8.84. The van der Waals surface area contributed by atoms with Crippen LogP contribution in [0.2, 0.25) is 0 Å². The van der Waals surface area contributed by atoms with Crippen molar-refractivity contribution in [2.45, 2.75) is 6.42 Å². The highest BCUT2D eigenvalue weighted by atomic mass is 32.1. The van der Waals surface area contributed by atoms with Gasteiger partial charge in [-0.2, -0.15) is 0 Å². The lowest BCUT2D eigenvalue weighted by molar-refractivity contribution is -0.117. The third-order valence-electron chi connectivity index (χ3n) is 4.19. The number of rotatable bonds is 5. The summed E-state index contributed by atoms with van der Waals surface area (Å²) in [7, 11) is 0. The van der Waals surface area contributed by atoms with E-state index in [0.717, 1.165) is 48.2 Å². The van der Waals surface area contributed by atoms with Gasteiger partial charge in [0.2, 0.25) is 5.91 Å². The summed E-state index contributed by atoms with van der Waals surface area (Å²) in [6.45, 7) is 4.09. The van der Waals surface area contributed by atoms with E-state index in [0.29, 0.717) is 18.2 Å². The number of nitrogens with zero attached hydrogens (tertiary/aromatic N) is 4. The number of nitrogens with one attached hydrogen (secondary N) is 2. The van der Waals surface area contributed by atoms with Gasteiger partial charge in [-0.1, -0.05) is 6.07 Å². The van der Waals surface area contributed by atoms with Crippen LogP contribution in [0.25, 0.3) is 21.4 Å². The summed E-state index contributed by atoms with van der Waals surface area (Å²) < 4.78 is 0. The lowest BCUT2D eigenvalue weighted by Gasteiger charge is -2.18. The van der Waals surface area contributed by atoms with Gasteiger partial charge in [0, 0.05) is 30.7 Å². The number of amides is 1. The van der Waals surface area contributed by atoms with E-state index >= 15 is 0 Å². The second-order valence-corrected chi connectivity index (χ2v) is 8.05. The number of hydrogen-bond donors (Lipinski definition) is 2. The van der Waals surface area contributed by atoms with E-state index < -0.39 is 0 Å². The van der Waals surface area contributed by atoms with Gasteiger partial charge in [0.1, 0.15) is 16.5 Å². The SMILES string of the molecule is O=C(CN1CCCNCC1)Nc1cc(-c2nccs2)nc(-c2cccs2)n1. The van der Waals surface area contributed by atoms with Gasteiger partial charge in [-0.15, -0.1) is 22.7 Å². The smallest absolute Gasteiger partial charge is 0.239 e. The van der Waals surface area contributed by atoms with Crippen LogP contribution in [-0.2, 0) is 4.79 Å². The fourth-order valence-electron chi connectivity index (χ4n) is 2.93. The second kappa shape index (κ2) is 8.66. The average molecular weight is 401 g/mol. The molecule has 1 aliphatic rings. The zero-order valence-electron chi connectivity index (χ0n) is 14.7. The summed E-state index contributed by atoms with van der Waals surface area (Å²) in [5.74, 6) is 1.06. The monoisotopic (exact) mass is 400 g/mol. The van der Waals surface area contributed by atoms with Crippen LogP contribution in [0.15, 0.2) is 35.2 Å². The topological polar surface area (TPSA) is 83.0 Å². The highest BCUT2D eigenvalue weighted by Crippen LogP contribution is 2.27. The standard InChI is InChI=1S/C18H20N6OS2/c25-16(12-24-7-2-4-19-5-8-24)22-15-11-13(18-20-6-10-27-18)21-17(23-15)14-3-1-9-26-14/h1,3,6,9-11,19H,2,4-5,7-8,12H2,(H,21,22,23,25). The molecule has 3 aromatic heterocycles. The van der Waals surface area contributed by atoms with E-state index in [2.05, 4.69) is 30.5 Å². The molecule has 0 unspecified atom stereocenters. The van der Waals surface area contributed by atoms with E-state index in [9.17, 15) is 4.79 Å². The Labute approximate surface area is 165 Å². The van der Waals surface area contributed by atoms with Crippen LogP contribution < -0.4 is 10.6 Å². The molecule has 3 aromatic rings. The van der Waals surface area contributed by atoms with Crippen LogP contribution in [0.4, 0.5) is 5.82 Å². The molecule has 4 heterocycles. The van der Waals surface area contributed by atoms with E-state index in [4.69, 9.17) is 0 Å². The number of thiophene rings is 1. The van der Waals surface area contributed by atoms with Gasteiger partial charge in [0.05, 0.1) is 11.4 Å². The normalized spacial score (nSPS) is 15.4. The largest absolute Gasteiger partial charge is 0.315 e. The van der Waals surface area contributed by atoms with Crippen LogP contribution in [0, 0.1) is 0 Å². The predicted molar refractivity (Wildman–Crippen MR) is 109 cm³/mol. The maximum absolute atomic E-state index is 12.5. The molecule has 0 saturated carbocycles. The summed E-state index contributed by atoms with van der Waals surface area (Å²) >= 11 is 3.08. The van der Waals surface area contributed by atoms with E-state index in [-0.39, 0.29) is 5.91 Å². The van der Waals surface area contributed by atoms with E-state index in [1.807, 2.05) is 22.9 Å². The summed E-state index contributed by atoms with van der Waals surface area (Å²) in [4.78, 5) is 29.2. The second-order valence-electron chi connectivity index (χ2n) is 6.20. The highest BCUT2D eigenvalue weighted by Gasteiger charge is 2.16. The fraction of sp³-hybridized carbons (Fsp3) is 0.333. The number of thiazole rings is 1. The summed E-state index contributed by atoms with van der Waals surface area (Å²) in [6, 6.07) is 5.73. The van der Waals surface area contributed by atoms with E-state index in [1.54, 1.807) is 23.6 Å². The maximum Gasteiger partial charge on any atom is 0.239 e. The van der Waals surface area contributed by atoms with Crippen LogP contribution in [-0.4, -0.2) is 58.5 Å². The van der Waals surface area contributed by atoms with Crippen molar-refractivity contribution in [3.63, 3.8) is 0 Å². The third-order valence-corrected chi connectivity index (χ3v) is 5.85. The zero-order chi connectivity index (χ0) is 18.5. The summed E-state index contributed by atoms with van der Waals surface area (Å²) in [5, 5.41) is 11.0. The first kappa shape index (κ1) is 18.2. The van der Waals surface area contributed by atoms with Crippen molar-refractivity contribution in [2.24, 2.45) is 0 Å². The summed E-state index contributed by atoms with van der Waals surface area (Å²) in [5.41, 5.74) is 0.720. The van der Waals surface area contributed by atoms with Gasteiger partial charge >= 0.3 is 0 Å². The van der Waals surface area contributed by atoms with Crippen molar-refractivity contribution in [2.75, 3.05) is 38.0 Å². The number of carbonyl (C=O) groups is 1. The number of hydrogen-bond acceptors (Lipinski definition) is 8. The molecular weight excluding hydrogens is 380 g/mol. The van der Waals surface area contributed by atoms with Crippen molar-refractivity contribution < 1.29 is 4.79 Å². The number of anilines is 1. The lowest BCUT2D eigenvalue weighted by atomic mass is 10.3. The minimum atomic E-state index is -0.0576. The Morgan fingerprint density at radius 2 is 2.19 bits per heavy atom. The molecule has 1 amide bonds. The number of aromatic nitrogens is 3. The molecule has 7 nitrogen and oxygen atoms in total. The van der Waals surface area contributed by atoms with Gasteiger partial charge in [0.15, 0.2) is 5.82 Å². The predicted octanol–water partition coefficient (Wildman–Crippen LogP) is 2.56. The molecule has 0 atom stereocenters. The number of carbonyl (C=O) groups excluding carboxylic acids is 1. The molecule has 9 heteroatoms. The Kier molecular flexibility index (Phi) is 5.83. The first-order chi connectivity index (χ1) is 13.3. The molecule has 1 aliphatic heterocycles. The van der Waals surface area contributed by atoms with Crippen molar-refractivity contribution in [3.05, 3.63) is 35.2 Å². The minimum Gasteiger partial charge on any atom is -0.315 e. The van der Waals surface area contributed by atoms with Crippen molar-refractivity contribution in [1.29, 1.82) is 0 Å². The molecule has 4 rings (SSSR count). The van der Waals surface area contributed by atoms with Gasteiger partial charge in [-0.25, -0.2) is 15.0 Å². The highest BCUT2D eigenvalue weighted by molar-refractivity contribution is 7.13. The Bertz CT molecular complexity index is 821. The van der Waals surface area contributed by atoms with Crippen molar-refractivity contribution >= 4 is 34.4 Å². The van der Waals surface area contributed by atoms with Crippen LogP contribution >= 0.6 is 22.7 Å². The van der Waals surface area contributed by atoms with Gasteiger partial charge in [-0.3, -0.25) is 9.69 Å². The molecule has 140 valence electrons. The zero-order valence-corrected chi connectivity index (χ0v) is 16.4. The van der Waals surface area contributed by atoms with Gasteiger partial charge in [-0.05, 0) is 31.0 Å². The maximum atomic E-state index is 12.5. The molecule has 0 aromatic carbocycles. The molecule has 0 aliphatic carbocycles. The molecule has 27 heavy (non-hydrogen) atoms. The molecule has 0 spiro atoms. The molecule has 0 bridgehead atoms. The van der Waals surface area contributed by atoms with Crippen LogP contribution in [0.5, 0.6) is 0 Å². The molecule has 1 saturated heterocycles. The lowest BCUT2D eigenvalue weighted by Crippen LogP contribution is -2.35. The molecule has 2 N–H and O–H groups in total.